The van der Waals surface area contributed by atoms with Crippen molar-refractivity contribution in [2.75, 3.05) is 0 Å². The Kier molecular flexibility index (Phi) is 11.0. The lowest BCUT2D eigenvalue weighted by Gasteiger charge is -2.20. The number of hydrogen-bond donors (Lipinski definition) is 4. The second-order valence-electron chi connectivity index (χ2n) is 5.64. The van der Waals surface area contributed by atoms with Crippen molar-refractivity contribution in [3.05, 3.63) is 35.4 Å². The van der Waals surface area contributed by atoms with Crippen LogP contribution in [-0.2, 0) is 4.79 Å². The number of aliphatic hydroxyl groups excluding tert-OH is 1. The summed E-state index contributed by atoms with van der Waals surface area (Å²) in [7, 11) is 0. The van der Waals surface area contributed by atoms with Crippen LogP contribution < -0.4 is 0 Å². The molecular weight excluding hydrogens is 340 g/mol. The molecule has 2 rings (SSSR count). The summed E-state index contributed by atoms with van der Waals surface area (Å²) in [6.45, 7) is 1.28. The normalized spacial score (nSPS) is 18.1. The molecule has 0 aliphatic heterocycles. The molecule has 8 heteroatoms. The zero-order valence-electron chi connectivity index (χ0n) is 14.4. The lowest BCUT2D eigenvalue weighted by atomic mass is 9.83. The van der Waals surface area contributed by atoms with Gasteiger partial charge in [0.05, 0.1) is 29.2 Å². The van der Waals surface area contributed by atoms with Gasteiger partial charge in [0.1, 0.15) is 6.29 Å². The number of carbonyl (C=O) groups is 2. The Hall–Kier alpha value is -2.94. The van der Waals surface area contributed by atoms with Crippen molar-refractivity contribution in [2.24, 2.45) is 11.8 Å². The molecule has 0 aromatic heterocycles. The Labute approximate surface area is 151 Å². The zero-order valence-corrected chi connectivity index (χ0v) is 14.4. The fourth-order valence-electron chi connectivity index (χ4n) is 2.16. The molecule has 0 saturated heterocycles. The summed E-state index contributed by atoms with van der Waals surface area (Å²) in [6.07, 6.45) is 1.70. The summed E-state index contributed by atoms with van der Waals surface area (Å²) >= 11 is 0. The van der Waals surface area contributed by atoms with E-state index in [0.29, 0.717) is 18.4 Å². The summed E-state index contributed by atoms with van der Waals surface area (Å²) in [5.41, 5.74) is 0.666. The molecule has 0 bridgehead atoms. The van der Waals surface area contributed by atoms with Crippen LogP contribution in [0.2, 0.25) is 0 Å². The third-order valence-electron chi connectivity index (χ3n) is 3.52. The van der Waals surface area contributed by atoms with Gasteiger partial charge in [-0.05, 0) is 56.9 Å². The number of nitriles is 2. The zero-order chi connectivity index (χ0) is 20.1. The predicted molar refractivity (Wildman–Crippen MR) is 90.7 cm³/mol. The summed E-state index contributed by atoms with van der Waals surface area (Å²) in [5, 5.41) is 49.2. The van der Waals surface area contributed by atoms with E-state index in [-0.39, 0.29) is 17.4 Å². The van der Waals surface area contributed by atoms with Crippen molar-refractivity contribution in [1.29, 1.82) is 10.5 Å². The molecule has 4 N–H and O–H groups in total. The van der Waals surface area contributed by atoms with Gasteiger partial charge in [-0.1, -0.05) is 0 Å². The molecule has 1 aromatic carbocycles. The molecule has 140 valence electrons. The first-order valence-electron chi connectivity index (χ1n) is 7.93. The third-order valence-corrected chi connectivity index (χ3v) is 3.52. The summed E-state index contributed by atoms with van der Waals surface area (Å²) < 4.78 is 0. The number of hydrogen-bond acceptors (Lipinski definition) is 6. The van der Waals surface area contributed by atoms with E-state index in [2.05, 4.69) is 6.07 Å². The van der Waals surface area contributed by atoms with E-state index in [1.54, 1.807) is 0 Å². The van der Waals surface area contributed by atoms with Gasteiger partial charge in [0.25, 0.3) is 0 Å². The van der Waals surface area contributed by atoms with Gasteiger partial charge < -0.3 is 20.4 Å². The van der Waals surface area contributed by atoms with Gasteiger partial charge in [-0.2, -0.15) is 10.5 Å². The van der Waals surface area contributed by atoms with Crippen molar-refractivity contribution in [3.8, 4) is 12.1 Å². The molecule has 1 aromatic rings. The van der Waals surface area contributed by atoms with Crippen LogP contribution in [-0.4, -0.2) is 38.7 Å². The lowest BCUT2D eigenvalue weighted by Crippen LogP contribution is -2.20. The van der Waals surface area contributed by atoms with Crippen molar-refractivity contribution in [2.45, 2.75) is 38.9 Å². The van der Waals surface area contributed by atoms with Crippen LogP contribution in [0, 0.1) is 34.5 Å². The van der Waals surface area contributed by atoms with Crippen molar-refractivity contribution < 1.29 is 30.0 Å². The van der Waals surface area contributed by atoms with E-state index in [9.17, 15) is 9.59 Å². The second kappa shape index (κ2) is 12.4. The average Bonchev–Trinajstić information content (AvgIpc) is 2.61. The van der Waals surface area contributed by atoms with E-state index in [4.69, 9.17) is 30.9 Å². The molecule has 0 unspecified atom stereocenters. The van der Waals surface area contributed by atoms with Gasteiger partial charge in [-0.25, -0.2) is 4.79 Å². The number of aliphatic carboxylic acids is 1. The quantitative estimate of drug-likeness (QED) is 0.580. The maximum absolute atomic E-state index is 10.5. The molecular formula is C18H22N2O6. The molecule has 1 saturated carbocycles. The molecule has 0 heterocycles. The smallest absolute Gasteiger partial charge is 0.335 e. The maximum Gasteiger partial charge on any atom is 0.335 e. The number of carboxylic acids is 2. The summed E-state index contributed by atoms with van der Waals surface area (Å²) in [5.74, 6) is -1.78. The number of aromatic carboxylic acids is 1. The van der Waals surface area contributed by atoms with Crippen LogP contribution in [0.25, 0.3) is 0 Å². The molecule has 1 fully saturated rings. The highest BCUT2D eigenvalue weighted by Gasteiger charge is 2.25. The minimum Gasteiger partial charge on any atom is -0.481 e. The van der Waals surface area contributed by atoms with Crippen molar-refractivity contribution in [1.82, 2.24) is 0 Å². The Morgan fingerprint density at radius 1 is 1.04 bits per heavy atom. The van der Waals surface area contributed by atoms with E-state index in [0.717, 1.165) is 12.8 Å². The standard InChI is InChI=1S/C8H11NO2.C8H5NO2.C2H6O2/c2*9-5-6-1-3-7(4-2-6)8(10)11;1-2(3)4/h6-7H,1-4H2,(H,10,11);1-4H,(H,10,11);2-4H,1H3/t6-,7-;;. The van der Waals surface area contributed by atoms with Crippen molar-refractivity contribution >= 4 is 11.9 Å². The van der Waals surface area contributed by atoms with Crippen LogP contribution >= 0.6 is 0 Å². The fourth-order valence-corrected chi connectivity index (χ4v) is 2.16. The van der Waals surface area contributed by atoms with Crippen LogP contribution in [0.4, 0.5) is 0 Å². The number of rotatable bonds is 2. The second-order valence-corrected chi connectivity index (χ2v) is 5.64. The SMILES string of the molecule is CC(O)O.N#C[C@H]1CC[C@H](C(=O)O)CC1.N#Cc1ccc(C(=O)O)cc1. The minimum atomic E-state index is -1.17. The minimum absolute atomic E-state index is 0.102. The fraction of sp³-hybridized carbons (Fsp3) is 0.444. The molecule has 0 radical (unpaired) electrons. The van der Waals surface area contributed by atoms with Gasteiger partial charge in [-0.15, -0.1) is 0 Å². The Morgan fingerprint density at radius 2 is 1.50 bits per heavy atom. The van der Waals surface area contributed by atoms with Gasteiger partial charge in [0.2, 0.25) is 0 Å². The van der Waals surface area contributed by atoms with E-state index < -0.39 is 18.2 Å². The first kappa shape index (κ1) is 23.1. The third kappa shape index (κ3) is 10.0. The molecule has 1 aliphatic carbocycles. The van der Waals surface area contributed by atoms with Gasteiger partial charge in [0.15, 0.2) is 0 Å². The van der Waals surface area contributed by atoms with Gasteiger partial charge in [0, 0.05) is 5.92 Å². The van der Waals surface area contributed by atoms with Crippen LogP contribution in [0.3, 0.4) is 0 Å². The Balaban J connectivity index is 0.000000401. The molecule has 0 spiro atoms. The molecule has 26 heavy (non-hydrogen) atoms. The average molecular weight is 362 g/mol. The van der Waals surface area contributed by atoms with Gasteiger partial charge in [-0.3, -0.25) is 4.79 Å². The van der Waals surface area contributed by atoms with E-state index in [1.165, 1.54) is 31.2 Å². The van der Waals surface area contributed by atoms with Crippen molar-refractivity contribution in [3.63, 3.8) is 0 Å². The molecule has 0 amide bonds. The summed E-state index contributed by atoms with van der Waals surface area (Å²) in [4.78, 5) is 20.8. The molecule has 0 atom stereocenters. The highest BCUT2D eigenvalue weighted by atomic mass is 16.5. The topological polar surface area (TPSA) is 163 Å². The first-order valence-corrected chi connectivity index (χ1v) is 7.93. The maximum atomic E-state index is 10.5. The number of nitrogens with zero attached hydrogens (tertiary/aromatic N) is 2. The molecule has 8 nitrogen and oxygen atoms in total. The number of aliphatic hydroxyl groups is 2. The van der Waals surface area contributed by atoms with E-state index >= 15 is 0 Å². The van der Waals surface area contributed by atoms with E-state index in [1.807, 2.05) is 6.07 Å². The Morgan fingerprint density at radius 3 is 1.81 bits per heavy atom. The molecule has 1 aliphatic rings. The van der Waals surface area contributed by atoms with Crippen LogP contribution in [0.5, 0.6) is 0 Å². The largest absolute Gasteiger partial charge is 0.481 e. The summed E-state index contributed by atoms with van der Waals surface area (Å²) in [6, 6.07) is 9.83. The highest BCUT2D eigenvalue weighted by Crippen LogP contribution is 2.28. The lowest BCUT2D eigenvalue weighted by molar-refractivity contribution is -0.142. The Bertz CT molecular complexity index is 647. The first-order chi connectivity index (χ1) is 12.2. The predicted octanol–water partition coefficient (Wildman–Crippen LogP) is 1.97. The van der Waals surface area contributed by atoms with Crippen LogP contribution in [0.15, 0.2) is 24.3 Å². The monoisotopic (exact) mass is 362 g/mol. The number of carboxylic acid groups (broad SMARTS) is 2. The van der Waals surface area contributed by atoms with Crippen LogP contribution in [0.1, 0.15) is 48.5 Å². The van der Waals surface area contributed by atoms with Gasteiger partial charge >= 0.3 is 11.9 Å². The highest BCUT2D eigenvalue weighted by molar-refractivity contribution is 5.87. The number of benzene rings is 1.